The van der Waals surface area contributed by atoms with Crippen LogP contribution >= 0.6 is 11.5 Å². The fraction of sp³-hybridized carbons (Fsp3) is 0.818. The molecular formula is C11H19N3OS. The van der Waals surface area contributed by atoms with Gasteiger partial charge in [0.05, 0.1) is 6.61 Å². The van der Waals surface area contributed by atoms with Crippen molar-refractivity contribution in [1.29, 1.82) is 0 Å². The Kier molecular flexibility index (Phi) is 3.63. The number of ether oxygens (including phenoxy) is 1. The van der Waals surface area contributed by atoms with Gasteiger partial charge in [-0.05, 0) is 25.2 Å². The molecule has 1 aliphatic heterocycles. The maximum absolute atomic E-state index is 5.29. The molecule has 1 saturated heterocycles. The summed E-state index contributed by atoms with van der Waals surface area (Å²) in [5.41, 5.74) is 0. The summed E-state index contributed by atoms with van der Waals surface area (Å²) in [6.45, 7) is 9.35. The van der Waals surface area contributed by atoms with Crippen molar-refractivity contribution >= 4 is 16.7 Å². The number of nitrogens with zero attached hydrogens (tertiary/aromatic N) is 3. The lowest BCUT2D eigenvalue weighted by atomic mass is 9.92. The average Bonchev–Trinajstić information content (AvgIpc) is 2.65. The highest BCUT2D eigenvalue weighted by Gasteiger charge is 2.24. The smallest absolute Gasteiger partial charge is 0.330 e. The van der Waals surface area contributed by atoms with Gasteiger partial charge in [0.2, 0.25) is 5.13 Å². The molecule has 1 fully saturated rings. The van der Waals surface area contributed by atoms with Crippen molar-refractivity contribution in [2.24, 2.45) is 11.8 Å². The summed E-state index contributed by atoms with van der Waals surface area (Å²) in [4.78, 5) is 6.74. The van der Waals surface area contributed by atoms with Gasteiger partial charge in [-0.2, -0.15) is 4.98 Å². The van der Waals surface area contributed by atoms with E-state index in [2.05, 4.69) is 28.1 Å². The Labute approximate surface area is 101 Å². The largest absolute Gasteiger partial charge is 0.463 e. The van der Waals surface area contributed by atoms with E-state index in [4.69, 9.17) is 4.74 Å². The Morgan fingerprint density at radius 3 is 2.69 bits per heavy atom. The lowest BCUT2D eigenvalue weighted by Crippen LogP contribution is -2.38. The van der Waals surface area contributed by atoms with Gasteiger partial charge in [-0.1, -0.05) is 13.8 Å². The van der Waals surface area contributed by atoms with Crippen molar-refractivity contribution in [3.05, 3.63) is 0 Å². The lowest BCUT2D eigenvalue weighted by Gasteiger charge is -2.34. The molecule has 1 aromatic heterocycles. The van der Waals surface area contributed by atoms with Crippen LogP contribution in [0.2, 0.25) is 0 Å². The molecule has 5 heteroatoms. The first-order valence-electron chi connectivity index (χ1n) is 5.90. The normalized spacial score (nSPS) is 25.8. The van der Waals surface area contributed by atoms with Gasteiger partial charge < -0.3 is 9.64 Å². The van der Waals surface area contributed by atoms with Crippen molar-refractivity contribution in [3.63, 3.8) is 0 Å². The Balaban J connectivity index is 2.04. The van der Waals surface area contributed by atoms with E-state index in [1.54, 1.807) is 0 Å². The molecule has 90 valence electrons. The molecule has 2 atom stereocenters. The highest BCUT2D eigenvalue weighted by atomic mass is 32.1. The first kappa shape index (κ1) is 11.6. The fourth-order valence-corrected chi connectivity index (χ4v) is 2.97. The Hall–Kier alpha value is -0.840. The molecule has 1 aromatic rings. The van der Waals surface area contributed by atoms with E-state index >= 15 is 0 Å². The van der Waals surface area contributed by atoms with Crippen LogP contribution in [0, 0.1) is 11.8 Å². The topological polar surface area (TPSA) is 38.2 Å². The molecule has 16 heavy (non-hydrogen) atoms. The van der Waals surface area contributed by atoms with Crippen molar-refractivity contribution in [2.75, 3.05) is 24.6 Å². The van der Waals surface area contributed by atoms with Crippen LogP contribution in [-0.2, 0) is 0 Å². The Morgan fingerprint density at radius 1 is 1.38 bits per heavy atom. The third-order valence-corrected chi connectivity index (χ3v) is 3.57. The van der Waals surface area contributed by atoms with Crippen LogP contribution in [0.1, 0.15) is 27.2 Å². The maximum Gasteiger partial charge on any atom is 0.330 e. The molecule has 0 aromatic carbocycles. The first-order valence-corrected chi connectivity index (χ1v) is 6.67. The standard InChI is InChI=1S/C11H19N3OS/c1-4-15-10-12-11(16-13-10)14-6-8(2)5-9(3)7-14/h8-9H,4-7H2,1-3H3. The van der Waals surface area contributed by atoms with E-state index in [0.29, 0.717) is 12.6 Å². The predicted molar refractivity (Wildman–Crippen MR) is 66.2 cm³/mol. The van der Waals surface area contributed by atoms with Gasteiger partial charge in [-0.15, -0.1) is 4.37 Å². The van der Waals surface area contributed by atoms with Crippen molar-refractivity contribution in [1.82, 2.24) is 9.36 Å². The molecular weight excluding hydrogens is 222 g/mol. The summed E-state index contributed by atoms with van der Waals surface area (Å²) in [5, 5.41) is 1.00. The zero-order valence-electron chi connectivity index (χ0n) is 10.1. The van der Waals surface area contributed by atoms with Crippen molar-refractivity contribution in [2.45, 2.75) is 27.2 Å². The van der Waals surface area contributed by atoms with Gasteiger partial charge in [-0.25, -0.2) is 0 Å². The van der Waals surface area contributed by atoms with E-state index in [0.717, 1.165) is 30.1 Å². The van der Waals surface area contributed by atoms with Crippen LogP contribution in [-0.4, -0.2) is 29.1 Å². The molecule has 0 spiro atoms. The molecule has 0 amide bonds. The molecule has 4 nitrogen and oxygen atoms in total. The SMILES string of the molecule is CCOc1nsc(N2CC(C)CC(C)C2)n1. The molecule has 0 N–H and O–H groups in total. The van der Waals surface area contributed by atoms with E-state index < -0.39 is 0 Å². The molecule has 2 unspecified atom stereocenters. The number of hydrogen-bond acceptors (Lipinski definition) is 5. The quantitative estimate of drug-likeness (QED) is 0.814. The molecule has 2 rings (SSSR count). The molecule has 1 aliphatic rings. The number of anilines is 1. The monoisotopic (exact) mass is 241 g/mol. The van der Waals surface area contributed by atoms with Gasteiger partial charge in [0.15, 0.2) is 0 Å². The summed E-state index contributed by atoms with van der Waals surface area (Å²) < 4.78 is 9.49. The van der Waals surface area contributed by atoms with Crippen molar-refractivity contribution in [3.8, 4) is 6.01 Å². The second-order valence-electron chi connectivity index (χ2n) is 4.64. The van der Waals surface area contributed by atoms with Crippen LogP contribution in [0.3, 0.4) is 0 Å². The van der Waals surface area contributed by atoms with Crippen LogP contribution in [0.5, 0.6) is 6.01 Å². The molecule has 0 saturated carbocycles. The number of rotatable bonds is 3. The summed E-state index contributed by atoms with van der Waals surface area (Å²) in [5.74, 6) is 1.48. The van der Waals surface area contributed by atoms with Gasteiger partial charge in [0.25, 0.3) is 0 Å². The maximum atomic E-state index is 5.29. The van der Waals surface area contributed by atoms with Gasteiger partial charge in [-0.3, -0.25) is 0 Å². The summed E-state index contributed by atoms with van der Waals surface area (Å²) in [7, 11) is 0. The fourth-order valence-electron chi connectivity index (χ4n) is 2.34. The summed E-state index contributed by atoms with van der Waals surface area (Å²) in [6.07, 6.45) is 1.31. The van der Waals surface area contributed by atoms with Crippen molar-refractivity contribution < 1.29 is 4.74 Å². The zero-order chi connectivity index (χ0) is 11.5. The molecule has 0 bridgehead atoms. The van der Waals surface area contributed by atoms with Crippen LogP contribution in [0.25, 0.3) is 0 Å². The Morgan fingerprint density at radius 2 is 2.06 bits per heavy atom. The van der Waals surface area contributed by atoms with E-state index in [1.807, 2.05) is 6.92 Å². The van der Waals surface area contributed by atoms with E-state index in [9.17, 15) is 0 Å². The first-order chi connectivity index (χ1) is 7.69. The second kappa shape index (κ2) is 4.99. The minimum atomic E-state index is 0.522. The highest BCUT2D eigenvalue weighted by Crippen LogP contribution is 2.28. The Bertz CT molecular complexity index is 332. The zero-order valence-corrected chi connectivity index (χ0v) is 11.0. The molecule has 0 aliphatic carbocycles. The number of aromatic nitrogens is 2. The summed E-state index contributed by atoms with van der Waals surface area (Å²) >= 11 is 1.44. The highest BCUT2D eigenvalue weighted by molar-refractivity contribution is 7.09. The molecule has 2 heterocycles. The molecule has 0 radical (unpaired) electrons. The number of piperidine rings is 1. The van der Waals surface area contributed by atoms with Crippen LogP contribution < -0.4 is 9.64 Å². The van der Waals surface area contributed by atoms with Gasteiger partial charge in [0, 0.05) is 24.6 Å². The van der Waals surface area contributed by atoms with E-state index in [-0.39, 0.29) is 0 Å². The third-order valence-electron chi connectivity index (χ3n) is 2.81. The van der Waals surface area contributed by atoms with Gasteiger partial charge in [0.1, 0.15) is 0 Å². The predicted octanol–water partition coefficient (Wildman–Crippen LogP) is 2.42. The second-order valence-corrected chi connectivity index (χ2v) is 5.37. The minimum Gasteiger partial charge on any atom is -0.463 e. The number of hydrogen-bond donors (Lipinski definition) is 0. The lowest BCUT2D eigenvalue weighted by molar-refractivity contribution is 0.316. The average molecular weight is 241 g/mol. The summed E-state index contributed by atoms with van der Waals surface area (Å²) in [6, 6.07) is 0.522. The van der Waals surface area contributed by atoms with Crippen LogP contribution in [0.15, 0.2) is 0 Å². The van der Waals surface area contributed by atoms with Gasteiger partial charge >= 0.3 is 6.01 Å². The minimum absolute atomic E-state index is 0.522. The van der Waals surface area contributed by atoms with E-state index in [1.165, 1.54) is 18.0 Å². The third kappa shape index (κ3) is 2.64. The van der Waals surface area contributed by atoms with Crippen LogP contribution in [0.4, 0.5) is 5.13 Å².